The van der Waals surface area contributed by atoms with E-state index in [1.807, 2.05) is 0 Å². The maximum atomic E-state index is 13.1. The molecule has 0 aliphatic rings. The van der Waals surface area contributed by atoms with E-state index in [1.165, 1.54) is 24.3 Å². The van der Waals surface area contributed by atoms with E-state index in [-0.39, 0.29) is 12.3 Å². The van der Waals surface area contributed by atoms with Gasteiger partial charge in [0, 0.05) is 34.9 Å². The molecular formula is C28H25ClFN3O5. The van der Waals surface area contributed by atoms with Crippen molar-refractivity contribution in [1.82, 2.24) is 4.98 Å². The first-order chi connectivity index (χ1) is 18.4. The van der Waals surface area contributed by atoms with Crippen molar-refractivity contribution < 1.29 is 28.2 Å². The van der Waals surface area contributed by atoms with Gasteiger partial charge in [-0.25, -0.2) is 4.39 Å². The van der Waals surface area contributed by atoms with E-state index in [0.717, 1.165) is 5.39 Å². The van der Waals surface area contributed by atoms with Crippen LogP contribution in [0.2, 0.25) is 0 Å². The molecule has 1 aromatic heterocycles. The lowest BCUT2D eigenvalue weighted by molar-refractivity contribution is -0.129. The molecule has 0 radical (unpaired) electrons. The van der Waals surface area contributed by atoms with E-state index in [1.54, 1.807) is 62.9 Å². The zero-order valence-corrected chi connectivity index (χ0v) is 21.4. The summed E-state index contributed by atoms with van der Waals surface area (Å²) in [6.07, 6.45) is 1.76. The summed E-state index contributed by atoms with van der Waals surface area (Å²) in [5.74, 6) is -0.214. The number of anilines is 2. The number of benzene rings is 3. The predicted octanol–water partition coefficient (Wildman–Crippen LogP) is 6.01. The highest BCUT2D eigenvalue weighted by molar-refractivity contribution is 6.19. The van der Waals surface area contributed by atoms with Crippen molar-refractivity contribution in [2.24, 2.45) is 5.92 Å². The fourth-order valence-electron chi connectivity index (χ4n) is 3.75. The van der Waals surface area contributed by atoms with Gasteiger partial charge in [-0.2, -0.15) is 0 Å². The summed E-state index contributed by atoms with van der Waals surface area (Å²) >= 11 is 5.84. The molecule has 196 valence electrons. The number of carbonyl (C=O) groups excluding carboxylic acids is 2. The second-order valence-electron chi connectivity index (χ2n) is 8.18. The SMILES string of the molecule is COc1cc2nccc(Oc3ccc(NC(=O)C(CCCl)C(=O)Nc4ccc(F)cc4)cc3)c2cc1OC. The van der Waals surface area contributed by atoms with Gasteiger partial charge < -0.3 is 24.8 Å². The molecule has 2 N–H and O–H groups in total. The second-order valence-corrected chi connectivity index (χ2v) is 8.55. The van der Waals surface area contributed by atoms with E-state index >= 15 is 0 Å². The van der Waals surface area contributed by atoms with Crippen LogP contribution in [-0.4, -0.2) is 36.9 Å². The molecule has 2 amide bonds. The topological polar surface area (TPSA) is 98.8 Å². The number of hydrogen-bond acceptors (Lipinski definition) is 6. The number of hydrogen-bond donors (Lipinski definition) is 2. The van der Waals surface area contributed by atoms with E-state index in [2.05, 4.69) is 15.6 Å². The molecule has 0 aliphatic heterocycles. The minimum atomic E-state index is -1.04. The van der Waals surface area contributed by atoms with E-state index in [0.29, 0.717) is 39.9 Å². The Morgan fingerprint density at radius 2 is 1.45 bits per heavy atom. The average molecular weight is 538 g/mol. The second kappa shape index (κ2) is 12.2. The summed E-state index contributed by atoms with van der Waals surface area (Å²) in [5, 5.41) is 6.09. The van der Waals surface area contributed by atoms with Gasteiger partial charge in [0.2, 0.25) is 11.8 Å². The normalized spacial score (nSPS) is 11.5. The molecule has 0 saturated heterocycles. The Hall–Kier alpha value is -4.37. The van der Waals surface area contributed by atoms with Crippen molar-refractivity contribution in [2.75, 3.05) is 30.7 Å². The van der Waals surface area contributed by atoms with Crippen molar-refractivity contribution in [2.45, 2.75) is 6.42 Å². The van der Waals surface area contributed by atoms with Gasteiger partial charge in [0.25, 0.3) is 0 Å². The number of aromatic nitrogens is 1. The van der Waals surface area contributed by atoms with Crippen LogP contribution in [0.5, 0.6) is 23.0 Å². The summed E-state index contributed by atoms with van der Waals surface area (Å²) in [7, 11) is 3.11. The van der Waals surface area contributed by atoms with E-state index < -0.39 is 23.5 Å². The third-order valence-corrected chi connectivity index (χ3v) is 5.92. The van der Waals surface area contributed by atoms with Crippen molar-refractivity contribution in [3.63, 3.8) is 0 Å². The zero-order valence-electron chi connectivity index (χ0n) is 20.7. The number of nitrogens with zero attached hydrogens (tertiary/aromatic N) is 1. The van der Waals surface area contributed by atoms with Crippen LogP contribution in [0.3, 0.4) is 0 Å². The molecule has 4 rings (SSSR count). The Bertz CT molecular complexity index is 1430. The molecule has 0 spiro atoms. The fraction of sp³-hybridized carbons (Fsp3) is 0.179. The summed E-state index contributed by atoms with van der Waals surface area (Å²) in [6.45, 7) is 0. The smallest absolute Gasteiger partial charge is 0.237 e. The van der Waals surface area contributed by atoms with Gasteiger partial charge >= 0.3 is 0 Å². The monoisotopic (exact) mass is 537 g/mol. The van der Waals surface area contributed by atoms with Gasteiger partial charge in [0.05, 0.1) is 19.7 Å². The largest absolute Gasteiger partial charge is 0.493 e. The van der Waals surface area contributed by atoms with Gasteiger partial charge in [-0.05, 0) is 67.1 Å². The maximum absolute atomic E-state index is 13.1. The molecule has 38 heavy (non-hydrogen) atoms. The first-order valence-corrected chi connectivity index (χ1v) is 12.2. The van der Waals surface area contributed by atoms with Crippen LogP contribution in [0.25, 0.3) is 10.9 Å². The summed E-state index contributed by atoms with van der Waals surface area (Å²) in [4.78, 5) is 29.9. The number of methoxy groups -OCH3 is 2. The Labute approximate surface area is 223 Å². The molecular weight excluding hydrogens is 513 g/mol. The first kappa shape index (κ1) is 26.7. The van der Waals surface area contributed by atoms with Gasteiger partial charge in [0.1, 0.15) is 23.2 Å². The third-order valence-electron chi connectivity index (χ3n) is 5.70. The zero-order chi connectivity index (χ0) is 27.1. The fourth-order valence-corrected chi connectivity index (χ4v) is 3.97. The molecule has 0 aliphatic carbocycles. The Balaban J connectivity index is 1.45. The van der Waals surface area contributed by atoms with Crippen LogP contribution in [-0.2, 0) is 9.59 Å². The Morgan fingerprint density at radius 1 is 0.868 bits per heavy atom. The van der Waals surface area contributed by atoms with E-state index in [4.69, 9.17) is 25.8 Å². The first-order valence-electron chi connectivity index (χ1n) is 11.6. The molecule has 0 saturated carbocycles. The Morgan fingerprint density at radius 3 is 2.03 bits per heavy atom. The number of pyridine rings is 1. The average Bonchev–Trinajstić information content (AvgIpc) is 2.93. The maximum Gasteiger partial charge on any atom is 0.237 e. The number of amides is 2. The molecule has 10 heteroatoms. The Kier molecular flexibility index (Phi) is 8.60. The summed E-state index contributed by atoms with van der Waals surface area (Å²) < 4.78 is 29.9. The van der Waals surface area contributed by atoms with Crippen LogP contribution >= 0.6 is 11.6 Å². The van der Waals surface area contributed by atoms with Gasteiger partial charge in [-0.15, -0.1) is 11.6 Å². The number of fused-ring (bicyclic) bond motifs is 1. The van der Waals surface area contributed by atoms with Crippen LogP contribution in [0, 0.1) is 11.7 Å². The molecule has 1 heterocycles. The summed E-state index contributed by atoms with van der Waals surface area (Å²) in [5.41, 5.74) is 1.53. The molecule has 0 bridgehead atoms. The lowest BCUT2D eigenvalue weighted by atomic mass is 10.0. The highest BCUT2D eigenvalue weighted by Crippen LogP contribution is 2.37. The van der Waals surface area contributed by atoms with Gasteiger partial charge in [0.15, 0.2) is 11.5 Å². The van der Waals surface area contributed by atoms with Crippen molar-refractivity contribution in [3.05, 3.63) is 78.7 Å². The van der Waals surface area contributed by atoms with Crippen molar-refractivity contribution in [1.29, 1.82) is 0 Å². The molecule has 3 aromatic carbocycles. The van der Waals surface area contributed by atoms with Crippen LogP contribution < -0.4 is 24.8 Å². The number of alkyl halides is 1. The highest BCUT2D eigenvalue weighted by Gasteiger charge is 2.26. The number of rotatable bonds is 10. The quantitative estimate of drug-likeness (QED) is 0.190. The van der Waals surface area contributed by atoms with E-state index in [9.17, 15) is 14.0 Å². The number of ether oxygens (including phenoxy) is 3. The number of nitrogens with one attached hydrogen (secondary N) is 2. The standard InChI is InChI=1S/C28H25ClFN3O5/c1-36-25-15-22-23(16-26(25)37-2)31-14-12-24(22)38-20-9-7-19(8-10-20)33-28(35)21(11-13-29)27(34)32-18-5-3-17(30)4-6-18/h3-10,12,14-16,21H,11,13H2,1-2H3,(H,32,34)(H,33,35). The minimum Gasteiger partial charge on any atom is -0.493 e. The minimum absolute atomic E-state index is 0.109. The third kappa shape index (κ3) is 6.30. The highest BCUT2D eigenvalue weighted by atomic mass is 35.5. The van der Waals surface area contributed by atoms with Crippen LogP contribution in [0.1, 0.15) is 6.42 Å². The van der Waals surface area contributed by atoms with Gasteiger partial charge in [-0.1, -0.05) is 0 Å². The lowest BCUT2D eigenvalue weighted by Crippen LogP contribution is -2.34. The molecule has 0 fully saturated rings. The summed E-state index contributed by atoms with van der Waals surface area (Å²) in [6, 6.07) is 17.3. The molecule has 4 aromatic rings. The van der Waals surface area contributed by atoms with Crippen LogP contribution in [0.15, 0.2) is 72.9 Å². The van der Waals surface area contributed by atoms with Crippen molar-refractivity contribution in [3.8, 4) is 23.0 Å². The van der Waals surface area contributed by atoms with Gasteiger partial charge in [-0.3, -0.25) is 14.6 Å². The molecule has 1 atom stereocenters. The number of carbonyl (C=O) groups is 2. The van der Waals surface area contributed by atoms with Crippen molar-refractivity contribution >= 4 is 45.7 Å². The predicted molar refractivity (Wildman–Crippen MR) is 144 cm³/mol. The number of halogens is 2. The molecule has 8 nitrogen and oxygen atoms in total. The lowest BCUT2D eigenvalue weighted by Gasteiger charge is -2.16. The van der Waals surface area contributed by atoms with Crippen LogP contribution in [0.4, 0.5) is 15.8 Å². The molecule has 1 unspecified atom stereocenters.